The maximum absolute atomic E-state index is 12.0. The third-order valence-electron chi connectivity index (χ3n) is 3.34. The molecule has 0 saturated carbocycles. The Kier molecular flexibility index (Phi) is 6.58. The molecule has 0 saturated heterocycles. The van der Waals surface area contributed by atoms with Crippen LogP contribution >= 0.6 is 23.2 Å². The second-order valence-corrected chi connectivity index (χ2v) is 5.76. The van der Waals surface area contributed by atoms with E-state index >= 15 is 0 Å². The average molecular weight is 369 g/mol. The van der Waals surface area contributed by atoms with E-state index in [0.29, 0.717) is 40.2 Å². The van der Waals surface area contributed by atoms with Gasteiger partial charge < -0.3 is 20.1 Å². The van der Waals surface area contributed by atoms with E-state index in [2.05, 4.69) is 10.6 Å². The molecular weight excluding hydrogens is 351 g/mol. The summed E-state index contributed by atoms with van der Waals surface area (Å²) in [7, 11) is 3.10. The van der Waals surface area contributed by atoms with Gasteiger partial charge >= 0.3 is 6.03 Å². The lowest BCUT2D eigenvalue weighted by Gasteiger charge is -2.12. The second kappa shape index (κ2) is 8.66. The van der Waals surface area contributed by atoms with Gasteiger partial charge in [-0.2, -0.15) is 0 Å². The standard InChI is InChI=1S/C17H18Cl2N2O3/c1-23-12-4-6-15(16(10-12)24-2)21-17(22)20-8-7-11-3-5-13(18)14(19)9-11/h3-6,9-10H,7-8H2,1-2H3,(H2,20,21,22). The topological polar surface area (TPSA) is 59.6 Å². The predicted molar refractivity (Wildman–Crippen MR) is 96.7 cm³/mol. The molecule has 0 aliphatic heterocycles. The van der Waals surface area contributed by atoms with E-state index in [0.717, 1.165) is 5.56 Å². The second-order valence-electron chi connectivity index (χ2n) is 4.95. The first-order valence-corrected chi connectivity index (χ1v) is 8.00. The molecule has 2 N–H and O–H groups in total. The molecule has 0 radical (unpaired) electrons. The van der Waals surface area contributed by atoms with Crippen molar-refractivity contribution in [2.75, 3.05) is 26.1 Å². The van der Waals surface area contributed by atoms with E-state index in [4.69, 9.17) is 32.7 Å². The first-order chi connectivity index (χ1) is 11.5. The van der Waals surface area contributed by atoms with Crippen LogP contribution in [0.5, 0.6) is 11.5 Å². The van der Waals surface area contributed by atoms with E-state index in [1.54, 1.807) is 37.4 Å². The lowest BCUT2D eigenvalue weighted by Crippen LogP contribution is -2.30. The van der Waals surface area contributed by atoms with Crippen molar-refractivity contribution >= 4 is 34.9 Å². The van der Waals surface area contributed by atoms with Crippen molar-refractivity contribution in [3.8, 4) is 11.5 Å². The summed E-state index contributed by atoms with van der Waals surface area (Å²) < 4.78 is 10.4. The average Bonchev–Trinajstić information content (AvgIpc) is 2.58. The third-order valence-corrected chi connectivity index (χ3v) is 4.08. The van der Waals surface area contributed by atoms with Gasteiger partial charge in [0.25, 0.3) is 0 Å². The molecular formula is C17H18Cl2N2O3. The summed E-state index contributed by atoms with van der Waals surface area (Å²) in [5.74, 6) is 1.17. The summed E-state index contributed by atoms with van der Waals surface area (Å²) in [6.45, 7) is 0.461. The number of anilines is 1. The fraction of sp³-hybridized carbons (Fsp3) is 0.235. The Morgan fingerprint density at radius 3 is 2.50 bits per heavy atom. The fourth-order valence-corrected chi connectivity index (χ4v) is 2.40. The van der Waals surface area contributed by atoms with E-state index in [9.17, 15) is 4.79 Å². The summed E-state index contributed by atoms with van der Waals surface area (Å²) in [5.41, 5.74) is 1.55. The molecule has 0 spiro atoms. The molecule has 2 aromatic carbocycles. The van der Waals surface area contributed by atoms with Crippen LogP contribution < -0.4 is 20.1 Å². The number of carbonyl (C=O) groups is 1. The first-order valence-electron chi connectivity index (χ1n) is 7.24. The Morgan fingerprint density at radius 2 is 1.83 bits per heavy atom. The van der Waals surface area contributed by atoms with Crippen LogP contribution in [-0.4, -0.2) is 26.8 Å². The minimum absolute atomic E-state index is 0.321. The molecule has 0 atom stereocenters. The van der Waals surface area contributed by atoms with Crippen molar-refractivity contribution in [1.29, 1.82) is 0 Å². The zero-order chi connectivity index (χ0) is 17.5. The van der Waals surface area contributed by atoms with Crippen LogP contribution in [0, 0.1) is 0 Å². The summed E-state index contributed by atoms with van der Waals surface area (Å²) in [6, 6.07) is 10.2. The number of ether oxygens (including phenoxy) is 2. The molecule has 24 heavy (non-hydrogen) atoms. The minimum atomic E-state index is -0.321. The van der Waals surface area contributed by atoms with Crippen LogP contribution in [0.1, 0.15) is 5.56 Å². The number of nitrogens with one attached hydrogen (secondary N) is 2. The molecule has 2 aromatic rings. The van der Waals surface area contributed by atoms with Crippen molar-refractivity contribution in [3.63, 3.8) is 0 Å². The number of hydrogen-bond donors (Lipinski definition) is 2. The van der Waals surface area contributed by atoms with Gasteiger partial charge in [-0.3, -0.25) is 0 Å². The van der Waals surface area contributed by atoms with Crippen LogP contribution in [0.25, 0.3) is 0 Å². The largest absolute Gasteiger partial charge is 0.497 e. The predicted octanol–water partition coefficient (Wildman–Crippen LogP) is 4.37. The quantitative estimate of drug-likeness (QED) is 0.795. The van der Waals surface area contributed by atoms with Gasteiger partial charge in [0.2, 0.25) is 0 Å². The first kappa shape index (κ1) is 18.2. The molecule has 0 unspecified atom stereocenters. The van der Waals surface area contributed by atoms with Gasteiger partial charge in [-0.05, 0) is 36.2 Å². The van der Waals surface area contributed by atoms with Crippen LogP contribution in [0.2, 0.25) is 10.0 Å². The summed E-state index contributed by atoms with van der Waals surface area (Å²) in [5, 5.41) is 6.54. The van der Waals surface area contributed by atoms with E-state index < -0.39 is 0 Å². The summed E-state index contributed by atoms with van der Waals surface area (Å²) in [6.07, 6.45) is 0.643. The van der Waals surface area contributed by atoms with Gasteiger partial charge in [0.1, 0.15) is 11.5 Å². The van der Waals surface area contributed by atoms with Crippen LogP contribution in [0.15, 0.2) is 36.4 Å². The molecule has 2 amide bonds. The lowest BCUT2D eigenvalue weighted by atomic mass is 10.1. The molecule has 2 rings (SSSR count). The lowest BCUT2D eigenvalue weighted by molar-refractivity contribution is 0.252. The van der Waals surface area contributed by atoms with Gasteiger partial charge in [0.05, 0.1) is 30.0 Å². The van der Waals surface area contributed by atoms with Crippen LogP contribution in [-0.2, 0) is 6.42 Å². The number of urea groups is 1. The Hall–Kier alpha value is -2.11. The van der Waals surface area contributed by atoms with Crippen molar-refractivity contribution in [3.05, 3.63) is 52.0 Å². The SMILES string of the molecule is COc1ccc(NC(=O)NCCc2ccc(Cl)c(Cl)c2)c(OC)c1. The van der Waals surface area contributed by atoms with Gasteiger partial charge in [-0.1, -0.05) is 29.3 Å². The molecule has 5 nitrogen and oxygen atoms in total. The maximum Gasteiger partial charge on any atom is 0.319 e. The number of amides is 2. The number of rotatable bonds is 6. The highest BCUT2D eigenvalue weighted by atomic mass is 35.5. The molecule has 0 aliphatic rings. The number of carbonyl (C=O) groups excluding carboxylic acids is 1. The van der Waals surface area contributed by atoms with Crippen molar-refractivity contribution in [2.45, 2.75) is 6.42 Å². The molecule has 0 aliphatic carbocycles. The van der Waals surface area contributed by atoms with E-state index in [1.807, 2.05) is 6.07 Å². The van der Waals surface area contributed by atoms with Crippen molar-refractivity contribution in [1.82, 2.24) is 5.32 Å². The highest BCUT2D eigenvalue weighted by Crippen LogP contribution is 2.28. The number of halogens is 2. The smallest absolute Gasteiger partial charge is 0.319 e. The van der Waals surface area contributed by atoms with E-state index in [1.165, 1.54) is 7.11 Å². The zero-order valence-corrected chi connectivity index (χ0v) is 14.9. The molecule has 0 heterocycles. The number of methoxy groups -OCH3 is 2. The molecule has 128 valence electrons. The van der Waals surface area contributed by atoms with Crippen LogP contribution in [0.4, 0.5) is 10.5 Å². The van der Waals surface area contributed by atoms with Crippen molar-refractivity contribution < 1.29 is 14.3 Å². The zero-order valence-electron chi connectivity index (χ0n) is 13.4. The third kappa shape index (κ3) is 4.94. The Morgan fingerprint density at radius 1 is 1.04 bits per heavy atom. The van der Waals surface area contributed by atoms with Gasteiger partial charge in [-0.25, -0.2) is 4.79 Å². The number of benzene rings is 2. The fourth-order valence-electron chi connectivity index (χ4n) is 2.08. The minimum Gasteiger partial charge on any atom is -0.497 e. The maximum atomic E-state index is 12.0. The number of hydrogen-bond acceptors (Lipinski definition) is 3. The Bertz CT molecular complexity index is 723. The Labute approximate surface area is 150 Å². The summed E-state index contributed by atoms with van der Waals surface area (Å²) in [4.78, 5) is 12.0. The molecule has 0 aromatic heterocycles. The summed E-state index contributed by atoms with van der Waals surface area (Å²) >= 11 is 11.8. The monoisotopic (exact) mass is 368 g/mol. The van der Waals surface area contributed by atoms with E-state index in [-0.39, 0.29) is 6.03 Å². The normalized spacial score (nSPS) is 10.2. The molecule has 0 fully saturated rings. The highest BCUT2D eigenvalue weighted by molar-refractivity contribution is 6.42. The molecule has 7 heteroatoms. The van der Waals surface area contributed by atoms with Crippen LogP contribution in [0.3, 0.4) is 0 Å². The van der Waals surface area contributed by atoms with Crippen molar-refractivity contribution in [2.24, 2.45) is 0 Å². The Balaban J connectivity index is 1.88. The van der Waals surface area contributed by atoms with Gasteiger partial charge in [-0.15, -0.1) is 0 Å². The molecule has 0 bridgehead atoms. The van der Waals surface area contributed by atoms with Gasteiger partial charge in [0, 0.05) is 12.6 Å². The van der Waals surface area contributed by atoms with Gasteiger partial charge in [0.15, 0.2) is 0 Å². The highest BCUT2D eigenvalue weighted by Gasteiger charge is 2.08.